The Bertz CT molecular complexity index is 693. The third kappa shape index (κ3) is 3.45. The van der Waals surface area contributed by atoms with Gasteiger partial charge in [0, 0.05) is 17.1 Å². The van der Waals surface area contributed by atoms with E-state index < -0.39 is 0 Å². The maximum atomic E-state index is 12.0. The third-order valence-corrected chi connectivity index (χ3v) is 4.00. The molecule has 1 amide bonds. The van der Waals surface area contributed by atoms with Crippen LogP contribution in [0.5, 0.6) is 0 Å². The number of hydrogen-bond donors (Lipinski definition) is 1. The average Bonchev–Trinajstić information content (AvgIpc) is 2.77. The molecule has 106 valence electrons. The first-order valence-corrected chi connectivity index (χ1v) is 7.94. The van der Waals surface area contributed by atoms with Crippen LogP contribution in [0.3, 0.4) is 0 Å². The number of nitrogens with zero attached hydrogens (tertiary/aromatic N) is 3. The highest BCUT2D eigenvalue weighted by Crippen LogP contribution is 2.15. The highest BCUT2D eigenvalue weighted by Gasteiger charge is 2.12. The van der Waals surface area contributed by atoms with Crippen LogP contribution in [0.15, 0.2) is 21.4 Å². The summed E-state index contributed by atoms with van der Waals surface area (Å²) in [4.78, 5) is 32.3. The van der Waals surface area contributed by atoms with Crippen LogP contribution in [0.2, 0.25) is 0 Å². The van der Waals surface area contributed by atoms with E-state index in [0.717, 1.165) is 5.69 Å². The number of nitrogens with one attached hydrogen (secondary N) is 1. The van der Waals surface area contributed by atoms with E-state index >= 15 is 0 Å². The highest BCUT2D eigenvalue weighted by atomic mass is 32.2. The topological polar surface area (TPSA) is 76.9 Å². The monoisotopic (exact) mass is 310 g/mol. The minimum absolute atomic E-state index is 0.0685. The zero-order valence-electron chi connectivity index (χ0n) is 11.3. The molecule has 0 spiro atoms. The van der Waals surface area contributed by atoms with Crippen LogP contribution in [-0.2, 0) is 11.3 Å². The molecule has 2 aromatic heterocycles. The summed E-state index contributed by atoms with van der Waals surface area (Å²) in [5.74, 6) is -0.289. The SMILES string of the molecule is CSc1nc(C)cc(=O)n1CC(=O)Nc1nc(C)cs1. The van der Waals surface area contributed by atoms with Crippen molar-refractivity contribution in [3.8, 4) is 0 Å². The van der Waals surface area contributed by atoms with Crippen LogP contribution >= 0.6 is 23.1 Å². The van der Waals surface area contributed by atoms with Crippen molar-refractivity contribution in [2.75, 3.05) is 11.6 Å². The smallest absolute Gasteiger partial charge is 0.254 e. The van der Waals surface area contributed by atoms with Crippen molar-refractivity contribution in [2.24, 2.45) is 0 Å². The minimum Gasteiger partial charge on any atom is -0.300 e. The molecule has 0 aliphatic carbocycles. The molecule has 0 aromatic carbocycles. The summed E-state index contributed by atoms with van der Waals surface area (Å²) in [6, 6.07) is 1.42. The van der Waals surface area contributed by atoms with Gasteiger partial charge in [-0.1, -0.05) is 11.8 Å². The van der Waals surface area contributed by atoms with Crippen molar-refractivity contribution in [1.29, 1.82) is 0 Å². The molecule has 0 aliphatic rings. The van der Waals surface area contributed by atoms with Gasteiger partial charge in [-0.25, -0.2) is 9.97 Å². The van der Waals surface area contributed by atoms with Crippen molar-refractivity contribution in [3.05, 3.63) is 33.2 Å². The molecule has 2 heterocycles. The number of aromatic nitrogens is 3. The molecule has 0 saturated carbocycles. The minimum atomic E-state index is -0.289. The van der Waals surface area contributed by atoms with Gasteiger partial charge in [0.15, 0.2) is 10.3 Å². The molecule has 0 radical (unpaired) electrons. The van der Waals surface area contributed by atoms with Crippen molar-refractivity contribution in [2.45, 2.75) is 25.5 Å². The lowest BCUT2D eigenvalue weighted by Gasteiger charge is -2.10. The van der Waals surface area contributed by atoms with E-state index in [1.807, 2.05) is 18.6 Å². The summed E-state index contributed by atoms with van der Waals surface area (Å²) in [5.41, 5.74) is 1.27. The highest BCUT2D eigenvalue weighted by molar-refractivity contribution is 7.98. The second kappa shape index (κ2) is 6.19. The summed E-state index contributed by atoms with van der Waals surface area (Å²) < 4.78 is 1.35. The van der Waals surface area contributed by atoms with E-state index in [4.69, 9.17) is 0 Å². The molecule has 1 N–H and O–H groups in total. The fourth-order valence-electron chi connectivity index (χ4n) is 1.61. The Morgan fingerprint density at radius 2 is 2.15 bits per heavy atom. The predicted octanol–water partition coefficient (Wildman–Crippen LogP) is 1.68. The molecular weight excluding hydrogens is 296 g/mol. The molecule has 6 nitrogen and oxygen atoms in total. The fourth-order valence-corrected chi connectivity index (χ4v) is 2.92. The van der Waals surface area contributed by atoms with Gasteiger partial charge in [0.2, 0.25) is 5.91 Å². The molecule has 0 fully saturated rings. The number of thiazole rings is 1. The maximum absolute atomic E-state index is 12.0. The number of anilines is 1. The lowest BCUT2D eigenvalue weighted by atomic mass is 10.4. The number of amides is 1. The Hall–Kier alpha value is -1.67. The number of hydrogen-bond acceptors (Lipinski definition) is 6. The normalized spacial score (nSPS) is 10.6. The molecule has 0 bridgehead atoms. The van der Waals surface area contributed by atoms with Gasteiger partial charge in [-0.15, -0.1) is 11.3 Å². The van der Waals surface area contributed by atoms with Crippen LogP contribution in [0.4, 0.5) is 5.13 Å². The van der Waals surface area contributed by atoms with Crippen molar-refractivity contribution in [3.63, 3.8) is 0 Å². The van der Waals surface area contributed by atoms with Gasteiger partial charge >= 0.3 is 0 Å². The molecule has 2 rings (SSSR count). The molecule has 0 atom stereocenters. The number of thioether (sulfide) groups is 1. The van der Waals surface area contributed by atoms with Crippen LogP contribution in [0.1, 0.15) is 11.4 Å². The maximum Gasteiger partial charge on any atom is 0.254 e. The summed E-state index contributed by atoms with van der Waals surface area (Å²) in [5, 5.41) is 5.59. The van der Waals surface area contributed by atoms with E-state index in [-0.39, 0.29) is 18.0 Å². The van der Waals surface area contributed by atoms with Crippen molar-refractivity contribution < 1.29 is 4.79 Å². The van der Waals surface area contributed by atoms with E-state index in [9.17, 15) is 9.59 Å². The Labute approximate surface area is 124 Å². The lowest BCUT2D eigenvalue weighted by Crippen LogP contribution is -2.29. The van der Waals surface area contributed by atoms with Crippen molar-refractivity contribution in [1.82, 2.24) is 14.5 Å². The molecular formula is C12H14N4O2S2. The zero-order chi connectivity index (χ0) is 14.7. The number of carbonyl (C=O) groups is 1. The van der Waals surface area contributed by atoms with Crippen molar-refractivity contribution >= 4 is 34.1 Å². The first kappa shape index (κ1) is 14.7. The number of carbonyl (C=O) groups excluding carboxylic acids is 1. The van der Waals surface area contributed by atoms with Crippen LogP contribution < -0.4 is 10.9 Å². The Balaban J connectivity index is 2.17. The Kier molecular flexibility index (Phi) is 4.56. The quantitative estimate of drug-likeness (QED) is 0.687. The van der Waals surface area contributed by atoms with Gasteiger partial charge < -0.3 is 5.32 Å². The van der Waals surface area contributed by atoms with Gasteiger partial charge in [0.25, 0.3) is 5.56 Å². The second-order valence-electron chi connectivity index (χ2n) is 4.15. The van der Waals surface area contributed by atoms with Gasteiger partial charge in [0.05, 0.1) is 5.69 Å². The zero-order valence-corrected chi connectivity index (χ0v) is 13.0. The van der Waals surface area contributed by atoms with Gasteiger partial charge in [0.1, 0.15) is 6.54 Å². The van der Waals surface area contributed by atoms with E-state index in [1.165, 1.54) is 33.7 Å². The Morgan fingerprint density at radius 3 is 2.75 bits per heavy atom. The fraction of sp³-hybridized carbons (Fsp3) is 0.333. The molecule has 2 aromatic rings. The number of rotatable bonds is 4. The first-order valence-electron chi connectivity index (χ1n) is 5.84. The van der Waals surface area contributed by atoms with Gasteiger partial charge in [-0.05, 0) is 20.1 Å². The van der Waals surface area contributed by atoms with Crippen LogP contribution in [0.25, 0.3) is 0 Å². The molecule has 8 heteroatoms. The van der Waals surface area contributed by atoms with E-state index in [2.05, 4.69) is 15.3 Å². The third-order valence-electron chi connectivity index (χ3n) is 2.45. The summed E-state index contributed by atoms with van der Waals surface area (Å²) in [6.45, 7) is 3.54. The summed E-state index contributed by atoms with van der Waals surface area (Å²) >= 11 is 2.69. The molecule has 0 saturated heterocycles. The predicted molar refractivity (Wildman–Crippen MR) is 80.5 cm³/mol. The second-order valence-corrected chi connectivity index (χ2v) is 5.78. The van der Waals surface area contributed by atoms with E-state index in [0.29, 0.717) is 16.0 Å². The average molecular weight is 310 g/mol. The van der Waals surface area contributed by atoms with Gasteiger partial charge in [-0.2, -0.15) is 0 Å². The number of aryl methyl sites for hydroxylation is 2. The molecule has 0 unspecified atom stereocenters. The Morgan fingerprint density at radius 1 is 1.40 bits per heavy atom. The molecule has 0 aliphatic heterocycles. The lowest BCUT2D eigenvalue weighted by molar-refractivity contribution is -0.116. The van der Waals surface area contributed by atoms with Crippen LogP contribution in [0, 0.1) is 13.8 Å². The first-order chi connectivity index (χ1) is 9.49. The van der Waals surface area contributed by atoms with E-state index in [1.54, 1.807) is 6.92 Å². The van der Waals surface area contributed by atoms with Crippen LogP contribution in [-0.4, -0.2) is 26.7 Å². The standard InChI is InChI=1S/C12H14N4O2S2/c1-7-4-10(18)16(12(14-7)19-3)5-9(17)15-11-13-8(2)6-20-11/h4,6H,5H2,1-3H3,(H,13,15,17). The summed E-state index contributed by atoms with van der Waals surface area (Å²) in [6.07, 6.45) is 1.82. The summed E-state index contributed by atoms with van der Waals surface area (Å²) in [7, 11) is 0. The van der Waals surface area contributed by atoms with Gasteiger partial charge in [-0.3, -0.25) is 14.2 Å². The molecule has 20 heavy (non-hydrogen) atoms. The largest absolute Gasteiger partial charge is 0.300 e.